The van der Waals surface area contributed by atoms with Crippen LogP contribution in [0.25, 0.3) is 0 Å². The van der Waals surface area contributed by atoms with Crippen LogP contribution in [0.3, 0.4) is 0 Å². The molecule has 1 amide bonds. The van der Waals surface area contributed by atoms with E-state index in [2.05, 4.69) is 31.3 Å². The van der Waals surface area contributed by atoms with Crippen LogP contribution in [-0.2, 0) is 14.3 Å². The van der Waals surface area contributed by atoms with E-state index in [4.69, 9.17) is 4.74 Å². The average Bonchev–Trinajstić information content (AvgIpc) is 3.40. The third kappa shape index (κ3) is 59.8. The van der Waals surface area contributed by atoms with Crippen molar-refractivity contribution in [2.24, 2.45) is 0 Å². The number of nitrogens with one attached hydrogen (secondary N) is 1. The van der Waals surface area contributed by atoms with E-state index in [9.17, 15) is 19.8 Å². The Morgan fingerprint density at radius 1 is 0.365 bits per heavy atom. The van der Waals surface area contributed by atoms with Crippen molar-refractivity contribution in [2.75, 3.05) is 13.2 Å². The highest BCUT2D eigenvalue weighted by molar-refractivity contribution is 5.76. The highest BCUT2D eigenvalue weighted by Gasteiger charge is 2.20. The number of carbonyl (C=O) groups is 2. The Morgan fingerprint density at radius 2 is 0.635 bits per heavy atom. The first-order valence-corrected chi connectivity index (χ1v) is 33.9. The first-order chi connectivity index (χ1) is 36.5. The van der Waals surface area contributed by atoms with Crippen LogP contribution in [0.15, 0.2) is 12.2 Å². The van der Waals surface area contributed by atoms with Gasteiger partial charge in [-0.15, -0.1) is 0 Å². The molecule has 0 heterocycles. The molecule has 0 bridgehead atoms. The van der Waals surface area contributed by atoms with Crippen LogP contribution in [0.5, 0.6) is 0 Å². The molecule has 0 radical (unpaired) electrons. The van der Waals surface area contributed by atoms with Crippen LogP contribution in [0.2, 0.25) is 0 Å². The molecular formula is C68H133NO5. The fourth-order valence-corrected chi connectivity index (χ4v) is 10.9. The topological polar surface area (TPSA) is 95.9 Å². The lowest BCUT2D eigenvalue weighted by Gasteiger charge is -2.22. The summed E-state index contributed by atoms with van der Waals surface area (Å²) in [4.78, 5) is 24.6. The molecule has 6 heteroatoms. The minimum atomic E-state index is -0.669. The zero-order valence-corrected chi connectivity index (χ0v) is 50.4. The second kappa shape index (κ2) is 64.1. The van der Waals surface area contributed by atoms with E-state index < -0.39 is 12.1 Å². The van der Waals surface area contributed by atoms with Crippen LogP contribution in [0.1, 0.15) is 386 Å². The van der Waals surface area contributed by atoms with Gasteiger partial charge in [0.1, 0.15) is 0 Å². The van der Waals surface area contributed by atoms with Crippen molar-refractivity contribution in [1.29, 1.82) is 0 Å². The van der Waals surface area contributed by atoms with Gasteiger partial charge in [-0.05, 0) is 51.4 Å². The highest BCUT2D eigenvalue weighted by atomic mass is 16.5. The number of hydrogen-bond acceptors (Lipinski definition) is 5. The van der Waals surface area contributed by atoms with Gasteiger partial charge in [0.25, 0.3) is 0 Å². The Kier molecular flexibility index (Phi) is 62.9. The molecule has 2 unspecified atom stereocenters. The molecular weight excluding hydrogens is 911 g/mol. The third-order valence-corrected chi connectivity index (χ3v) is 16.1. The smallest absolute Gasteiger partial charge is 0.305 e. The SMILES string of the molecule is CCCCCCCCCCCCCCCCCCCCCCC(O)C(CO)NC(=O)CCCCCCCCC/C=C\CCCCCCCCCCCCCOC(=O)CCCCCCCCCCCCCCCCC. The van der Waals surface area contributed by atoms with E-state index in [0.717, 1.165) is 38.5 Å². The van der Waals surface area contributed by atoms with Gasteiger partial charge < -0.3 is 20.3 Å². The molecule has 0 aromatic heterocycles. The van der Waals surface area contributed by atoms with Gasteiger partial charge in [0, 0.05) is 12.8 Å². The summed E-state index contributed by atoms with van der Waals surface area (Å²) >= 11 is 0. The third-order valence-electron chi connectivity index (χ3n) is 16.1. The Balaban J connectivity index is 3.40. The minimum absolute atomic E-state index is 0.0140. The van der Waals surface area contributed by atoms with Crippen LogP contribution in [-0.4, -0.2) is 47.4 Å². The molecule has 0 aliphatic heterocycles. The minimum Gasteiger partial charge on any atom is -0.466 e. The van der Waals surface area contributed by atoms with Crippen LogP contribution in [0.4, 0.5) is 0 Å². The quantitative estimate of drug-likeness (QED) is 0.0320. The van der Waals surface area contributed by atoms with Gasteiger partial charge in [-0.3, -0.25) is 9.59 Å². The molecule has 74 heavy (non-hydrogen) atoms. The van der Waals surface area contributed by atoms with Crippen LogP contribution >= 0.6 is 0 Å². The average molecular weight is 1040 g/mol. The second-order valence-corrected chi connectivity index (χ2v) is 23.5. The molecule has 0 saturated heterocycles. The number of carbonyl (C=O) groups excluding carboxylic acids is 2. The zero-order chi connectivity index (χ0) is 53.6. The normalized spacial score (nSPS) is 12.5. The summed E-state index contributed by atoms with van der Waals surface area (Å²) in [5.41, 5.74) is 0. The Bertz CT molecular complexity index is 1110. The number of esters is 1. The van der Waals surface area contributed by atoms with Crippen LogP contribution in [0, 0.1) is 0 Å². The number of allylic oxidation sites excluding steroid dienone is 2. The van der Waals surface area contributed by atoms with E-state index >= 15 is 0 Å². The second-order valence-electron chi connectivity index (χ2n) is 23.5. The first-order valence-electron chi connectivity index (χ1n) is 33.9. The number of aliphatic hydroxyl groups excluding tert-OH is 2. The van der Waals surface area contributed by atoms with Gasteiger partial charge in [-0.1, -0.05) is 334 Å². The first kappa shape index (κ1) is 72.6. The summed E-state index contributed by atoms with van der Waals surface area (Å²) in [5.74, 6) is -0.0237. The number of rotatable bonds is 64. The van der Waals surface area contributed by atoms with Gasteiger partial charge in [-0.25, -0.2) is 0 Å². The van der Waals surface area contributed by atoms with Crippen LogP contribution < -0.4 is 5.32 Å². The summed E-state index contributed by atoms with van der Waals surface area (Å²) < 4.78 is 5.49. The van der Waals surface area contributed by atoms with Crippen molar-refractivity contribution in [2.45, 2.75) is 398 Å². The summed E-state index contributed by atoms with van der Waals surface area (Å²) in [6.07, 6.45) is 78.1. The summed E-state index contributed by atoms with van der Waals surface area (Å²) in [7, 11) is 0. The molecule has 2 atom stereocenters. The zero-order valence-electron chi connectivity index (χ0n) is 50.4. The number of hydrogen-bond donors (Lipinski definition) is 3. The van der Waals surface area contributed by atoms with Gasteiger partial charge in [-0.2, -0.15) is 0 Å². The number of unbranched alkanes of at least 4 members (excludes halogenated alkanes) is 51. The number of aliphatic hydroxyl groups is 2. The lowest BCUT2D eigenvalue weighted by Crippen LogP contribution is -2.45. The van der Waals surface area contributed by atoms with E-state index in [0.29, 0.717) is 25.9 Å². The number of amides is 1. The summed E-state index contributed by atoms with van der Waals surface area (Å²) in [6, 6.07) is -0.547. The molecule has 0 rings (SSSR count). The van der Waals surface area contributed by atoms with Crippen molar-refractivity contribution < 1.29 is 24.5 Å². The molecule has 0 aromatic carbocycles. The lowest BCUT2D eigenvalue weighted by molar-refractivity contribution is -0.143. The van der Waals surface area contributed by atoms with E-state index in [-0.39, 0.29) is 18.5 Å². The van der Waals surface area contributed by atoms with Crippen molar-refractivity contribution >= 4 is 11.9 Å². The predicted molar refractivity (Wildman–Crippen MR) is 324 cm³/mol. The lowest BCUT2D eigenvalue weighted by atomic mass is 10.0. The van der Waals surface area contributed by atoms with Crippen molar-refractivity contribution in [3.63, 3.8) is 0 Å². The molecule has 0 fully saturated rings. The monoisotopic (exact) mass is 1040 g/mol. The largest absolute Gasteiger partial charge is 0.466 e. The van der Waals surface area contributed by atoms with Crippen molar-refractivity contribution in [1.82, 2.24) is 5.32 Å². The maximum Gasteiger partial charge on any atom is 0.305 e. The molecule has 0 saturated carbocycles. The fraction of sp³-hybridized carbons (Fsp3) is 0.941. The summed E-state index contributed by atoms with van der Waals surface area (Å²) in [6.45, 7) is 4.99. The van der Waals surface area contributed by atoms with E-state index in [1.165, 1.54) is 315 Å². The number of ether oxygens (including phenoxy) is 1. The van der Waals surface area contributed by atoms with Gasteiger partial charge in [0.2, 0.25) is 5.91 Å². The fourth-order valence-electron chi connectivity index (χ4n) is 10.9. The molecule has 3 N–H and O–H groups in total. The summed E-state index contributed by atoms with van der Waals surface area (Å²) in [5, 5.41) is 23.4. The standard InChI is InChI=1S/C68H133NO5/c1-3-5-7-9-11-13-15-17-19-20-21-26-29-33-36-40-44-48-52-56-60-66(71)65(64-70)69-67(72)61-57-53-49-45-41-37-34-30-27-24-22-23-25-28-31-35-39-43-47-51-55-59-63-74-68(73)62-58-54-50-46-42-38-32-18-16-14-12-10-8-6-4-2/h24,27,65-66,70-71H,3-23,25-26,28-64H2,1-2H3,(H,69,72)/b27-24-. The van der Waals surface area contributed by atoms with Crippen molar-refractivity contribution in [3.05, 3.63) is 12.2 Å². The maximum atomic E-state index is 12.5. The molecule has 6 nitrogen and oxygen atoms in total. The molecule has 440 valence electrons. The Morgan fingerprint density at radius 3 is 0.959 bits per heavy atom. The van der Waals surface area contributed by atoms with E-state index in [1.54, 1.807) is 0 Å². The Hall–Kier alpha value is -1.40. The molecule has 0 aliphatic rings. The highest BCUT2D eigenvalue weighted by Crippen LogP contribution is 2.19. The van der Waals surface area contributed by atoms with Gasteiger partial charge >= 0.3 is 5.97 Å². The van der Waals surface area contributed by atoms with Crippen molar-refractivity contribution in [3.8, 4) is 0 Å². The van der Waals surface area contributed by atoms with E-state index in [1.807, 2.05) is 0 Å². The molecule has 0 spiro atoms. The maximum absolute atomic E-state index is 12.5. The van der Waals surface area contributed by atoms with Gasteiger partial charge in [0.05, 0.1) is 25.4 Å². The van der Waals surface area contributed by atoms with Gasteiger partial charge in [0.15, 0.2) is 0 Å². The molecule has 0 aromatic rings. The Labute approximate surface area is 463 Å². The molecule has 0 aliphatic carbocycles. The predicted octanol–water partition coefficient (Wildman–Crippen LogP) is 21.6.